The Bertz CT molecular complexity index is 480. The van der Waals surface area contributed by atoms with Crippen LogP contribution in [0.1, 0.15) is 113 Å². The Morgan fingerprint density at radius 3 is 0.516 bits per heavy atom. The summed E-state index contributed by atoms with van der Waals surface area (Å²) in [4.78, 5) is 0. The molecule has 0 amide bonds. The molecule has 0 atom stereocenters. The molecule has 2 saturated carbocycles. The van der Waals surface area contributed by atoms with Gasteiger partial charge in [-0.15, -0.1) is 0 Å². The molecule has 2 aliphatic rings. The van der Waals surface area contributed by atoms with E-state index >= 15 is 0 Å². The average Bonchev–Trinajstić information content (AvgIpc) is 2.78. The van der Waals surface area contributed by atoms with Crippen molar-refractivity contribution >= 4 is 8.41 Å². The van der Waals surface area contributed by atoms with Gasteiger partial charge in [-0.05, 0) is 110 Å². The van der Waals surface area contributed by atoms with Gasteiger partial charge < -0.3 is 0 Å². The normalized spacial score (nSPS) is 30.2. The minimum Gasteiger partial charge on any atom is -0.0620 e. The second kappa shape index (κ2) is 13.7. The van der Waals surface area contributed by atoms with Crippen molar-refractivity contribution in [3.05, 3.63) is 33.4 Å². The van der Waals surface area contributed by atoms with Gasteiger partial charge in [0.2, 0.25) is 0 Å². The summed E-state index contributed by atoms with van der Waals surface area (Å²) < 4.78 is 0. The zero-order valence-electron chi connectivity index (χ0n) is 23.3. The minimum atomic E-state index is 0. The fraction of sp³-hybridized carbons (Fsp3) is 0.800. The van der Waals surface area contributed by atoms with Crippen LogP contribution in [-0.4, -0.2) is 8.41 Å². The Kier molecular flexibility index (Phi) is 13.4. The third-order valence-corrected chi connectivity index (χ3v) is 9.85. The van der Waals surface area contributed by atoms with E-state index in [1.54, 1.807) is 0 Å². The SMILES string of the molecule is C1CCCCC1.CC1C(C)C(C)C(C)C(C)C1C.Cc1c(C)c(C)c(C)c(C)c1C.[B]. The first-order valence-electron chi connectivity index (χ1n) is 13.0. The largest absolute Gasteiger partial charge is 0.0620 e. The molecule has 0 nitrogen and oxygen atoms in total. The molecule has 0 bridgehead atoms. The van der Waals surface area contributed by atoms with Crippen LogP contribution in [0, 0.1) is 77.0 Å². The summed E-state index contributed by atoms with van der Waals surface area (Å²) in [7, 11) is 0. The Morgan fingerprint density at radius 2 is 0.419 bits per heavy atom. The van der Waals surface area contributed by atoms with Crippen LogP contribution in [0.5, 0.6) is 0 Å². The zero-order chi connectivity index (χ0) is 23.2. The number of hydrogen-bond donors (Lipinski definition) is 0. The second-order valence-corrected chi connectivity index (χ2v) is 11.0. The highest BCUT2D eigenvalue weighted by Crippen LogP contribution is 2.44. The van der Waals surface area contributed by atoms with Crippen LogP contribution in [0.3, 0.4) is 0 Å². The topological polar surface area (TPSA) is 0 Å². The number of benzene rings is 1. The molecule has 2 fully saturated rings. The molecule has 0 aromatic heterocycles. The Balaban J connectivity index is 0.000000451. The standard InChI is InChI=1S/C12H24.C12H18.C6H12.B/c2*1-7-8(2)10(4)12(6)11(5)9(7)3;1-2-4-6-5-3-1;/h7-12H,1-6H3;1-6H3;1-6H2;. The molecule has 1 aromatic rings. The fourth-order valence-electron chi connectivity index (χ4n) is 5.62. The zero-order valence-corrected chi connectivity index (χ0v) is 23.3. The second-order valence-electron chi connectivity index (χ2n) is 11.0. The molecule has 31 heavy (non-hydrogen) atoms. The summed E-state index contributed by atoms with van der Waals surface area (Å²) in [6.45, 7) is 27.8. The van der Waals surface area contributed by atoms with E-state index in [9.17, 15) is 0 Å². The summed E-state index contributed by atoms with van der Waals surface area (Å²) in [6.07, 6.45) is 9.00. The van der Waals surface area contributed by atoms with Crippen molar-refractivity contribution in [2.45, 2.75) is 122 Å². The lowest BCUT2D eigenvalue weighted by molar-refractivity contribution is 0.0302. The molecule has 1 heteroatoms. The van der Waals surface area contributed by atoms with Gasteiger partial charge in [-0.1, -0.05) is 80.1 Å². The van der Waals surface area contributed by atoms with E-state index in [-0.39, 0.29) is 8.41 Å². The van der Waals surface area contributed by atoms with Gasteiger partial charge in [0.25, 0.3) is 0 Å². The minimum absolute atomic E-state index is 0. The van der Waals surface area contributed by atoms with E-state index in [0.29, 0.717) is 0 Å². The van der Waals surface area contributed by atoms with Gasteiger partial charge in [0, 0.05) is 8.41 Å². The summed E-state index contributed by atoms with van der Waals surface area (Å²) in [5, 5.41) is 0. The highest BCUT2D eigenvalue weighted by Gasteiger charge is 2.38. The highest BCUT2D eigenvalue weighted by molar-refractivity contribution is 5.75. The monoisotopic (exact) mass is 425 g/mol. The van der Waals surface area contributed by atoms with Gasteiger partial charge in [-0.25, -0.2) is 0 Å². The van der Waals surface area contributed by atoms with Crippen LogP contribution in [0.25, 0.3) is 0 Å². The van der Waals surface area contributed by atoms with Crippen LogP contribution in [-0.2, 0) is 0 Å². The van der Waals surface area contributed by atoms with E-state index in [1.165, 1.54) is 71.9 Å². The molecule has 0 unspecified atom stereocenters. The van der Waals surface area contributed by atoms with E-state index in [4.69, 9.17) is 0 Å². The Morgan fingerprint density at radius 1 is 0.323 bits per heavy atom. The maximum Gasteiger partial charge on any atom is 0 e. The van der Waals surface area contributed by atoms with Gasteiger partial charge in [-0.3, -0.25) is 0 Å². The van der Waals surface area contributed by atoms with E-state index in [1.807, 2.05) is 0 Å². The first-order valence-corrected chi connectivity index (χ1v) is 13.0. The lowest BCUT2D eigenvalue weighted by atomic mass is 9.60. The third kappa shape index (κ3) is 7.68. The number of hydrogen-bond acceptors (Lipinski definition) is 0. The summed E-state index contributed by atoms with van der Waals surface area (Å²) in [5.74, 6) is 5.45. The van der Waals surface area contributed by atoms with Crippen LogP contribution >= 0.6 is 0 Å². The summed E-state index contributed by atoms with van der Waals surface area (Å²) in [6, 6.07) is 0. The predicted molar refractivity (Wildman–Crippen MR) is 143 cm³/mol. The molecule has 177 valence electrons. The van der Waals surface area contributed by atoms with Crippen molar-refractivity contribution in [1.29, 1.82) is 0 Å². The maximum absolute atomic E-state index is 2.42. The molecular formula is C30H54B. The van der Waals surface area contributed by atoms with Crippen LogP contribution in [0.2, 0.25) is 0 Å². The van der Waals surface area contributed by atoms with E-state index in [0.717, 1.165) is 35.5 Å². The van der Waals surface area contributed by atoms with Crippen molar-refractivity contribution in [3.8, 4) is 0 Å². The van der Waals surface area contributed by atoms with Crippen molar-refractivity contribution in [1.82, 2.24) is 0 Å². The first-order chi connectivity index (χ1) is 13.9. The molecule has 3 radical (unpaired) electrons. The molecule has 0 N–H and O–H groups in total. The molecule has 3 rings (SSSR count). The van der Waals surface area contributed by atoms with Gasteiger partial charge in [0.15, 0.2) is 0 Å². The lowest BCUT2D eigenvalue weighted by Crippen LogP contribution is -2.39. The fourth-order valence-corrected chi connectivity index (χ4v) is 5.62. The van der Waals surface area contributed by atoms with E-state index in [2.05, 4.69) is 83.1 Å². The molecule has 0 spiro atoms. The van der Waals surface area contributed by atoms with Crippen molar-refractivity contribution in [2.24, 2.45) is 35.5 Å². The van der Waals surface area contributed by atoms with Crippen molar-refractivity contribution in [2.75, 3.05) is 0 Å². The first kappa shape index (κ1) is 30.3. The van der Waals surface area contributed by atoms with Crippen LogP contribution in [0.15, 0.2) is 0 Å². The highest BCUT2D eigenvalue weighted by atomic mass is 14.4. The number of rotatable bonds is 0. The predicted octanol–water partition coefficient (Wildman–Crippen LogP) is 9.31. The lowest BCUT2D eigenvalue weighted by Gasteiger charge is -2.45. The molecule has 0 aliphatic heterocycles. The van der Waals surface area contributed by atoms with Crippen LogP contribution < -0.4 is 0 Å². The summed E-state index contributed by atoms with van der Waals surface area (Å²) >= 11 is 0. The van der Waals surface area contributed by atoms with Crippen molar-refractivity contribution in [3.63, 3.8) is 0 Å². The van der Waals surface area contributed by atoms with Crippen LogP contribution in [0.4, 0.5) is 0 Å². The van der Waals surface area contributed by atoms with Crippen molar-refractivity contribution < 1.29 is 0 Å². The third-order valence-electron chi connectivity index (χ3n) is 9.85. The van der Waals surface area contributed by atoms with Gasteiger partial charge in [0.05, 0.1) is 0 Å². The average molecular weight is 426 g/mol. The quantitative estimate of drug-likeness (QED) is 0.363. The Hall–Kier alpha value is -0.715. The maximum atomic E-state index is 2.42. The molecule has 1 aromatic carbocycles. The van der Waals surface area contributed by atoms with Gasteiger partial charge in [-0.2, -0.15) is 0 Å². The Labute approximate surface area is 199 Å². The molecule has 0 heterocycles. The molecule has 2 aliphatic carbocycles. The smallest absolute Gasteiger partial charge is 0 e. The van der Waals surface area contributed by atoms with Gasteiger partial charge >= 0.3 is 0 Å². The van der Waals surface area contributed by atoms with Gasteiger partial charge in [0.1, 0.15) is 0 Å². The molecule has 0 saturated heterocycles. The summed E-state index contributed by atoms with van der Waals surface area (Å²) in [5.41, 5.74) is 8.73. The van der Waals surface area contributed by atoms with E-state index < -0.39 is 0 Å². The molecular weight excluding hydrogens is 371 g/mol.